The van der Waals surface area contributed by atoms with Crippen molar-refractivity contribution < 1.29 is 53.3 Å². The third-order valence-electron chi connectivity index (χ3n) is 13.2. The Kier molecular flexibility index (Phi) is 7.69. The molecular weight excluding hydrogens is 598 g/mol. The van der Waals surface area contributed by atoms with Crippen LogP contribution in [0.3, 0.4) is 0 Å². The smallest absolute Gasteiger partial charge is 0.338 e. The molecule has 12 heteroatoms. The number of methoxy groups -OCH3 is 4. The first-order chi connectivity index (χ1) is 22.0. The zero-order chi connectivity index (χ0) is 33.0. The highest BCUT2D eigenvalue weighted by Crippen LogP contribution is 2.80. The van der Waals surface area contributed by atoms with E-state index in [4.69, 9.17) is 28.4 Å². The van der Waals surface area contributed by atoms with Crippen molar-refractivity contribution in [1.29, 1.82) is 0 Å². The van der Waals surface area contributed by atoms with Crippen molar-refractivity contribution in [2.24, 2.45) is 34.5 Å². The van der Waals surface area contributed by atoms with Gasteiger partial charge in [-0.2, -0.15) is 0 Å². The van der Waals surface area contributed by atoms with Gasteiger partial charge in [-0.3, -0.25) is 9.69 Å². The molecule has 0 aromatic heterocycles. The summed E-state index contributed by atoms with van der Waals surface area (Å²) in [4.78, 5) is 29.3. The molecule has 7 bridgehead atoms. The summed E-state index contributed by atoms with van der Waals surface area (Å²) in [5.74, 6) is -3.65. The molecule has 6 fully saturated rings. The van der Waals surface area contributed by atoms with Gasteiger partial charge >= 0.3 is 11.9 Å². The Bertz CT molecular complexity index is 1360. The molecule has 46 heavy (non-hydrogen) atoms. The number of ether oxygens (including phenoxy) is 6. The Hall–Kier alpha value is -2.16. The van der Waals surface area contributed by atoms with Crippen LogP contribution < -0.4 is 0 Å². The number of aliphatic hydroxyl groups excluding tert-OH is 2. The van der Waals surface area contributed by atoms with E-state index in [1.54, 1.807) is 51.7 Å². The maximum Gasteiger partial charge on any atom is 0.338 e. The number of esters is 2. The monoisotopic (exact) mass is 645 g/mol. The molecule has 1 aromatic rings. The first-order valence-corrected chi connectivity index (χ1v) is 16.3. The van der Waals surface area contributed by atoms with Crippen LogP contribution in [-0.4, -0.2) is 134 Å². The van der Waals surface area contributed by atoms with E-state index in [9.17, 15) is 24.9 Å². The lowest BCUT2D eigenvalue weighted by molar-refractivity contribution is -0.322. The molecule has 3 N–H and O–H groups in total. The number of carbonyl (C=O) groups is 2. The average molecular weight is 646 g/mol. The molecule has 15 atom stereocenters. The maximum atomic E-state index is 13.8. The zero-order valence-electron chi connectivity index (χ0n) is 27.3. The molecule has 1 aliphatic heterocycles. The lowest BCUT2D eigenvalue weighted by Gasteiger charge is -2.70. The SMILES string of the molecule is CCN1C[C@@]2(COC)[C@@H](O)C[C@@H](OC)[C@@]34C1[C@@H]([C@@H](OC)[C@@H]23)[C@@]1(OC(C)=O)[C@@H]2[C@H](OC(=O)c3ccccc3)[C@@](O)(C[C@@H]24)[C@@H](OC)[C@H]1O. The van der Waals surface area contributed by atoms with Crippen LogP contribution in [0, 0.1) is 34.5 Å². The molecule has 0 radical (unpaired) electrons. The van der Waals surface area contributed by atoms with Gasteiger partial charge in [0, 0.05) is 83.0 Å². The summed E-state index contributed by atoms with van der Waals surface area (Å²) in [6.07, 6.45) is -5.49. The number of hydrogen-bond acceptors (Lipinski definition) is 12. The first-order valence-electron chi connectivity index (χ1n) is 16.3. The van der Waals surface area contributed by atoms with Gasteiger partial charge in [-0.15, -0.1) is 0 Å². The highest BCUT2D eigenvalue weighted by molar-refractivity contribution is 5.89. The van der Waals surface area contributed by atoms with Crippen molar-refractivity contribution in [3.63, 3.8) is 0 Å². The van der Waals surface area contributed by atoms with Crippen LogP contribution in [0.25, 0.3) is 0 Å². The minimum Gasteiger partial charge on any atom is -0.455 e. The Balaban J connectivity index is 1.53. The number of aliphatic hydroxyl groups is 3. The van der Waals surface area contributed by atoms with Crippen LogP contribution in [0.15, 0.2) is 30.3 Å². The molecule has 5 aliphatic carbocycles. The Morgan fingerprint density at radius 3 is 2.30 bits per heavy atom. The van der Waals surface area contributed by atoms with Crippen molar-refractivity contribution in [1.82, 2.24) is 4.90 Å². The van der Waals surface area contributed by atoms with E-state index in [-0.39, 0.29) is 25.0 Å². The Labute approximate surface area is 269 Å². The molecule has 1 spiro atoms. The summed E-state index contributed by atoms with van der Waals surface area (Å²) >= 11 is 0. The normalized spacial score (nSPS) is 49.9. The lowest BCUT2D eigenvalue weighted by Crippen LogP contribution is -2.81. The third-order valence-corrected chi connectivity index (χ3v) is 13.2. The molecule has 1 aromatic carbocycles. The van der Waals surface area contributed by atoms with Gasteiger partial charge in [0.15, 0.2) is 5.60 Å². The van der Waals surface area contributed by atoms with Crippen LogP contribution in [0.4, 0.5) is 0 Å². The summed E-state index contributed by atoms with van der Waals surface area (Å²) < 4.78 is 37.4. The second-order valence-electron chi connectivity index (χ2n) is 14.4. The van der Waals surface area contributed by atoms with E-state index in [1.807, 2.05) is 6.92 Å². The van der Waals surface area contributed by atoms with Crippen LogP contribution in [-0.2, 0) is 33.2 Å². The first kappa shape index (κ1) is 32.4. The Morgan fingerprint density at radius 1 is 1.00 bits per heavy atom. The zero-order valence-corrected chi connectivity index (χ0v) is 27.3. The summed E-state index contributed by atoms with van der Waals surface area (Å²) in [7, 11) is 6.27. The number of hydrogen-bond donors (Lipinski definition) is 3. The summed E-state index contributed by atoms with van der Waals surface area (Å²) in [5.41, 5.74) is -4.79. The fraction of sp³-hybridized carbons (Fsp3) is 0.765. The van der Waals surface area contributed by atoms with E-state index in [2.05, 4.69) is 4.90 Å². The molecule has 7 rings (SSSR count). The van der Waals surface area contributed by atoms with Gasteiger partial charge in [-0.25, -0.2) is 4.79 Å². The largest absolute Gasteiger partial charge is 0.455 e. The molecule has 0 amide bonds. The van der Waals surface area contributed by atoms with Crippen molar-refractivity contribution >= 4 is 11.9 Å². The van der Waals surface area contributed by atoms with E-state index in [0.29, 0.717) is 25.1 Å². The highest BCUT2D eigenvalue weighted by atomic mass is 16.6. The molecule has 12 nitrogen and oxygen atoms in total. The van der Waals surface area contributed by atoms with Gasteiger partial charge in [0.2, 0.25) is 0 Å². The van der Waals surface area contributed by atoms with Gasteiger partial charge in [0.25, 0.3) is 0 Å². The second-order valence-corrected chi connectivity index (χ2v) is 14.4. The van der Waals surface area contributed by atoms with Gasteiger partial charge in [0.1, 0.15) is 23.9 Å². The summed E-state index contributed by atoms with van der Waals surface area (Å²) in [5, 5.41) is 37.3. The number of nitrogens with zero attached hydrogens (tertiary/aromatic N) is 1. The van der Waals surface area contributed by atoms with Crippen molar-refractivity contribution in [2.45, 2.75) is 80.6 Å². The lowest BCUT2D eigenvalue weighted by atomic mass is 9.42. The number of carbonyl (C=O) groups excluding carboxylic acids is 2. The fourth-order valence-electron chi connectivity index (χ4n) is 12.3. The maximum absolute atomic E-state index is 13.8. The van der Waals surface area contributed by atoms with E-state index in [1.165, 1.54) is 14.0 Å². The second kappa shape index (κ2) is 10.9. The Morgan fingerprint density at radius 2 is 1.72 bits per heavy atom. The number of benzene rings is 1. The predicted molar refractivity (Wildman–Crippen MR) is 160 cm³/mol. The average Bonchev–Trinajstić information content (AvgIpc) is 3.41. The molecule has 1 heterocycles. The number of fused-ring (bicyclic) bond motifs is 2. The van der Waals surface area contributed by atoms with E-state index in [0.717, 1.165) is 0 Å². The molecule has 6 aliphatic rings. The summed E-state index contributed by atoms with van der Waals surface area (Å²) in [6.45, 7) is 4.68. The number of piperidine rings is 1. The van der Waals surface area contributed by atoms with E-state index >= 15 is 0 Å². The molecule has 1 saturated heterocycles. The fourth-order valence-corrected chi connectivity index (χ4v) is 12.3. The van der Waals surface area contributed by atoms with Crippen LogP contribution in [0.2, 0.25) is 0 Å². The van der Waals surface area contributed by atoms with Crippen LogP contribution in [0.5, 0.6) is 0 Å². The van der Waals surface area contributed by atoms with Gasteiger partial charge in [0.05, 0.1) is 30.5 Å². The predicted octanol–water partition coefficient (Wildman–Crippen LogP) is 0.648. The van der Waals surface area contributed by atoms with Gasteiger partial charge in [-0.1, -0.05) is 25.1 Å². The van der Waals surface area contributed by atoms with Gasteiger partial charge in [-0.05, 0) is 31.0 Å². The van der Waals surface area contributed by atoms with Crippen molar-refractivity contribution in [3.8, 4) is 0 Å². The van der Waals surface area contributed by atoms with Gasteiger partial charge < -0.3 is 43.7 Å². The number of likely N-dealkylation sites (tertiary alicyclic amines) is 1. The number of rotatable bonds is 9. The van der Waals surface area contributed by atoms with E-state index < -0.39 is 88.3 Å². The van der Waals surface area contributed by atoms with Crippen LogP contribution in [0.1, 0.15) is 37.0 Å². The molecular formula is C34H47NO11. The molecule has 1 unspecified atom stereocenters. The topological polar surface area (TPSA) is 153 Å². The third kappa shape index (κ3) is 3.62. The van der Waals surface area contributed by atoms with Crippen molar-refractivity contribution in [3.05, 3.63) is 35.9 Å². The summed E-state index contributed by atoms with van der Waals surface area (Å²) in [6, 6.07) is 8.18. The quantitative estimate of drug-likeness (QED) is 0.323. The van der Waals surface area contributed by atoms with Crippen LogP contribution >= 0.6 is 0 Å². The standard InChI is InChI=1S/C34H47NO11/c1-7-35-15-31(16-41-3)20(37)13-21(42-4)33-19-14-32(40)28(45-30(39)18-11-9-8-10-12-18)22(19)34(46-17(2)36,27(38)29(32)44-6)23(26(33)35)24(43-5)25(31)33/h8-12,19-29,37-38,40H,7,13-16H2,1-6H3/t19-,20-,21+,22-,23+,24+,25-,26?,27+,28-,29-,31+,32-,33+,34-/m0/s1. The highest BCUT2D eigenvalue weighted by Gasteiger charge is 2.92. The van der Waals surface area contributed by atoms with Crippen molar-refractivity contribution in [2.75, 3.05) is 48.1 Å². The molecule has 5 saturated carbocycles. The molecule has 254 valence electrons. The minimum absolute atomic E-state index is 0.0791. The minimum atomic E-state index is -1.83.